The zero-order valence-corrected chi connectivity index (χ0v) is 19.1. The van der Waals surface area contributed by atoms with Crippen molar-refractivity contribution in [2.24, 2.45) is 10.1 Å². The summed E-state index contributed by atoms with van der Waals surface area (Å²) in [4.78, 5) is 27.8. The number of fused-ring (bicyclic) bond motifs is 1. The molecule has 2 aliphatic heterocycles. The number of carbonyl (C=O) groups is 1. The highest BCUT2D eigenvalue weighted by molar-refractivity contribution is 8.27. The van der Waals surface area contributed by atoms with E-state index in [-0.39, 0.29) is 34.2 Å². The van der Waals surface area contributed by atoms with Crippen molar-refractivity contribution in [1.29, 1.82) is 5.41 Å². The number of hydrazone groups is 1. The summed E-state index contributed by atoms with van der Waals surface area (Å²) in [6, 6.07) is 17.1. The Morgan fingerprint density at radius 2 is 2.00 bits per heavy atom. The number of carbonyl (C=O) groups excluding carboxylic acids is 1. The Bertz CT molecular complexity index is 1460. The second-order valence-electron chi connectivity index (χ2n) is 7.36. The average molecular weight is 487 g/mol. The van der Waals surface area contributed by atoms with Gasteiger partial charge in [0.1, 0.15) is 22.3 Å². The Hall–Kier alpha value is -4.51. The summed E-state index contributed by atoms with van der Waals surface area (Å²) in [6.45, 7) is 2.17. The van der Waals surface area contributed by atoms with Gasteiger partial charge in [-0.05, 0) is 49.0 Å². The van der Waals surface area contributed by atoms with Crippen molar-refractivity contribution in [3.63, 3.8) is 0 Å². The third-order valence-corrected chi connectivity index (χ3v) is 6.09. The number of hydrogen-bond donors (Lipinski definition) is 1. The fourth-order valence-electron chi connectivity index (χ4n) is 3.53. The van der Waals surface area contributed by atoms with Crippen LogP contribution in [0.4, 0.5) is 5.69 Å². The van der Waals surface area contributed by atoms with E-state index in [1.165, 1.54) is 28.9 Å². The number of rotatable bonds is 6. The second kappa shape index (κ2) is 9.03. The molecule has 0 saturated heterocycles. The number of amidine groups is 2. The van der Waals surface area contributed by atoms with Crippen molar-refractivity contribution in [2.75, 3.05) is 6.61 Å². The van der Waals surface area contributed by atoms with Crippen molar-refractivity contribution < 1.29 is 18.9 Å². The predicted molar refractivity (Wildman–Crippen MR) is 133 cm³/mol. The molecule has 2 aromatic carbocycles. The lowest BCUT2D eigenvalue weighted by Gasteiger charge is -2.19. The maximum absolute atomic E-state index is 12.7. The topological polar surface area (TPSA) is 134 Å². The van der Waals surface area contributed by atoms with E-state index in [2.05, 4.69) is 10.1 Å². The van der Waals surface area contributed by atoms with Gasteiger partial charge < -0.3 is 9.15 Å². The number of nitro benzene ring substituents is 1. The molecule has 1 aromatic heterocycles. The first-order chi connectivity index (χ1) is 16.9. The Balaban J connectivity index is 1.45. The molecule has 35 heavy (non-hydrogen) atoms. The molecule has 3 heterocycles. The molecule has 174 valence electrons. The Morgan fingerprint density at radius 3 is 2.74 bits per heavy atom. The second-order valence-corrected chi connectivity index (χ2v) is 8.32. The lowest BCUT2D eigenvalue weighted by atomic mass is 10.1. The fraction of sp³-hybridized carbons (Fsp3) is 0.0833. The molecule has 0 atom stereocenters. The molecule has 0 radical (unpaired) electrons. The van der Waals surface area contributed by atoms with Gasteiger partial charge in [0.15, 0.2) is 5.84 Å². The number of furan rings is 1. The zero-order chi connectivity index (χ0) is 24.5. The van der Waals surface area contributed by atoms with E-state index in [9.17, 15) is 14.9 Å². The number of hydrogen-bond acceptors (Lipinski definition) is 8. The number of aliphatic imine (C=N–C) groups is 1. The maximum atomic E-state index is 12.7. The summed E-state index contributed by atoms with van der Waals surface area (Å²) in [6.07, 6.45) is 1.38. The van der Waals surface area contributed by atoms with Crippen LogP contribution in [0.15, 0.2) is 80.7 Å². The normalized spacial score (nSPS) is 16.3. The number of ether oxygens (including phenoxy) is 1. The molecule has 0 bridgehead atoms. The molecule has 2 aliphatic rings. The number of nitrogens with one attached hydrogen (secondary N) is 1. The largest absolute Gasteiger partial charge is 0.494 e. The quantitative estimate of drug-likeness (QED) is 0.296. The van der Waals surface area contributed by atoms with Crippen LogP contribution in [-0.2, 0) is 4.79 Å². The van der Waals surface area contributed by atoms with Crippen LogP contribution in [0.1, 0.15) is 18.2 Å². The highest BCUT2D eigenvalue weighted by Crippen LogP contribution is 2.35. The van der Waals surface area contributed by atoms with E-state index in [0.29, 0.717) is 22.6 Å². The summed E-state index contributed by atoms with van der Waals surface area (Å²) in [7, 11) is 0. The summed E-state index contributed by atoms with van der Waals surface area (Å²) < 4.78 is 11.1. The monoisotopic (exact) mass is 487 g/mol. The predicted octanol–water partition coefficient (Wildman–Crippen LogP) is 4.92. The van der Waals surface area contributed by atoms with Crippen molar-refractivity contribution in [1.82, 2.24) is 5.01 Å². The molecule has 0 saturated carbocycles. The van der Waals surface area contributed by atoms with Crippen molar-refractivity contribution in [2.45, 2.75) is 6.92 Å². The van der Waals surface area contributed by atoms with E-state index in [1.807, 2.05) is 30.3 Å². The van der Waals surface area contributed by atoms with Crippen LogP contribution >= 0.6 is 11.8 Å². The maximum Gasteiger partial charge on any atom is 0.284 e. The fourth-order valence-corrected chi connectivity index (χ4v) is 4.43. The summed E-state index contributed by atoms with van der Waals surface area (Å²) >= 11 is 1.21. The minimum atomic E-state index is -0.594. The first kappa shape index (κ1) is 22.3. The van der Waals surface area contributed by atoms with E-state index in [4.69, 9.17) is 14.6 Å². The smallest absolute Gasteiger partial charge is 0.284 e. The molecule has 1 amide bonds. The molecule has 0 unspecified atom stereocenters. The molecule has 10 nitrogen and oxygen atoms in total. The minimum Gasteiger partial charge on any atom is -0.494 e. The lowest BCUT2D eigenvalue weighted by Crippen LogP contribution is -2.35. The van der Waals surface area contributed by atoms with Gasteiger partial charge in [-0.3, -0.25) is 20.3 Å². The standard InChI is InChI=1S/C24H17N5O5S/c1-2-33-15-8-10-17(19(13-15)29(31)32)20-11-9-16(34-20)12-18-21(25)28-24(26-22(18)30)35-23(27-28)14-6-4-3-5-7-14/h3-13,25H,2H2,1H3/b18-12-,25-21?. The van der Waals surface area contributed by atoms with Gasteiger partial charge in [0.25, 0.3) is 11.6 Å². The molecule has 3 aromatic rings. The molecule has 0 spiro atoms. The van der Waals surface area contributed by atoms with Crippen LogP contribution in [0, 0.1) is 15.5 Å². The lowest BCUT2D eigenvalue weighted by molar-refractivity contribution is -0.384. The van der Waals surface area contributed by atoms with Gasteiger partial charge in [-0.15, -0.1) is 0 Å². The van der Waals surface area contributed by atoms with Crippen molar-refractivity contribution in [3.8, 4) is 17.1 Å². The molecular weight excluding hydrogens is 470 g/mol. The van der Waals surface area contributed by atoms with Crippen LogP contribution in [-0.4, -0.2) is 38.5 Å². The summed E-state index contributed by atoms with van der Waals surface area (Å²) in [5, 5.41) is 26.8. The average Bonchev–Trinajstić information content (AvgIpc) is 3.50. The van der Waals surface area contributed by atoms with E-state index < -0.39 is 10.8 Å². The molecule has 0 aliphatic carbocycles. The number of nitrogens with zero attached hydrogens (tertiary/aromatic N) is 4. The van der Waals surface area contributed by atoms with Crippen LogP contribution in [0.2, 0.25) is 0 Å². The SMILES string of the molecule is CCOc1ccc(-c2ccc(/C=C3/C(=N)N4N=C(c5ccccc5)SC4=NC3=O)o2)c([N+](=O)[O-])c1. The Labute approximate surface area is 203 Å². The highest BCUT2D eigenvalue weighted by Gasteiger charge is 2.36. The first-order valence-electron chi connectivity index (χ1n) is 10.5. The number of thioether (sulfide) groups is 1. The van der Waals surface area contributed by atoms with Crippen LogP contribution in [0.3, 0.4) is 0 Å². The van der Waals surface area contributed by atoms with Gasteiger partial charge in [-0.25, -0.2) is 0 Å². The van der Waals surface area contributed by atoms with E-state index in [0.717, 1.165) is 5.56 Å². The number of benzene rings is 2. The number of amides is 1. The van der Waals surface area contributed by atoms with Crippen LogP contribution < -0.4 is 4.74 Å². The molecule has 1 N–H and O–H groups in total. The van der Waals surface area contributed by atoms with Gasteiger partial charge in [0.2, 0.25) is 5.17 Å². The van der Waals surface area contributed by atoms with E-state index in [1.54, 1.807) is 31.2 Å². The molecule has 5 rings (SSSR count). The minimum absolute atomic E-state index is 0.00509. The Morgan fingerprint density at radius 1 is 1.20 bits per heavy atom. The van der Waals surface area contributed by atoms with Gasteiger partial charge in [-0.1, -0.05) is 30.3 Å². The van der Waals surface area contributed by atoms with Crippen LogP contribution in [0.25, 0.3) is 17.4 Å². The Kier molecular flexibility index (Phi) is 5.75. The van der Waals surface area contributed by atoms with Gasteiger partial charge in [0, 0.05) is 5.56 Å². The first-order valence-corrected chi connectivity index (χ1v) is 11.3. The summed E-state index contributed by atoms with van der Waals surface area (Å²) in [5.74, 6) is 0.137. The van der Waals surface area contributed by atoms with Gasteiger partial charge in [-0.2, -0.15) is 15.1 Å². The van der Waals surface area contributed by atoms with Crippen molar-refractivity contribution >= 4 is 45.5 Å². The van der Waals surface area contributed by atoms with Crippen molar-refractivity contribution in [3.05, 3.63) is 87.7 Å². The number of nitro groups is 1. The van der Waals surface area contributed by atoms with Crippen LogP contribution in [0.5, 0.6) is 5.75 Å². The molecule has 11 heteroatoms. The molecule has 0 fully saturated rings. The summed E-state index contributed by atoms with van der Waals surface area (Å²) in [5.41, 5.74) is 0.945. The highest BCUT2D eigenvalue weighted by atomic mass is 32.2. The van der Waals surface area contributed by atoms with E-state index >= 15 is 0 Å². The van der Waals surface area contributed by atoms with Gasteiger partial charge >= 0.3 is 0 Å². The van der Waals surface area contributed by atoms with Gasteiger partial charge in [0.05, 0.1) is 28.7 Å². The zero-order valence-electron chi connectivity index (χ0n) is 18.3. The third kappa shape index (κ3) is 4.24. The third-order valence-electron chi connectivity index (χ3n) is 5.13. The molecular formula is C24H17N5O5S.